The van der Waals surface area contributed by atoms with Crippen molar-refractivity contribution >= 4 is 23.2 Å². The van der Waals surface area contributed by atoms with Crippen LogP contribution in [0.1, 0.15) is 12.8 Å². The van der Waals surface area contributed by atoms with E-state index in [4.69, 9.17) is 22.8 Å². The van der Waals surface area contributed by atoms with Gasteiger partial charge in [-0.3, -0.25) is 9.69 Å². The Morgan fingerprint density at radius 3 is 2.81 bits per heavy atom. The number of amides is 1. The molecular weight excluding hydrogens is 288 g/mol. The number of piperidine rings is 1. The maximum absolute atomic E-state index is 12.3. The summed E-state index contributed by atoms with van der Waals surface area (Å²) in [5.74, 6) is 3.33. The molecular formula is C16H19ClN2O2. The second-order valence-corrected chi connectivity index (χ2v) is 5.50. The van der Waals surface area contributed by atoms with E-state index in [0.717, 1.165) is 25.9 Å². The monoisotopic (exact) mass is 306 g/mol. The first-order valence-electron chi connectivity index (χ1n) is 6.94. The molecule has 1 N–H and O–H groups in total. The number of carbonyl (C=O) groups is 1. The summed E-state index contributed by atoms with van der Waals surface area (Å²) in [5, 5.41) is 3.37. The Morgan fingerprint density at radius 1 is 1.52 bits per heavy atom. The fourth-order valence-electron chi connectivity index (χ4n) is 2.44. The summed E-state index contributed by atoms with van der Waals surface area (Å²) in [6.45, 7) is 2.37. The highest BCUT2D eigenvalue weighted by molar-refractivity contribution is 6.33. The summed E-state index contributed by atoms with van der Waals surface area (Å²) >= 11 is 6.13. The van der Waals surface area contributed by atoms with Crippen molar-refractivity contribution < 1.29 is 9.53 Å². The minimum Gasteiger partial charge on any atom is -0.497 e. The van der Waals surface area contributed by atoms with Crippen molar-refractivity contribution in [2.45, 2.75) is 12.8 Å². The number of nitrogens with one attached hydrogen (secondary N) is 1. The van der Waals surface area contributed by atoms with Crippen LogP contribution in [0.15, 0.2) is 18.2 Å². The Kier molecular flexibility index (Phi) is 5.49. The van der Waals surface area contributed by atoms with Crippen LogP contribution in [0.25, 0.3) is 0 Å². The summed E-state index contributed by atoms with van der Waals surface area (Å²) in [6.07, 6.45) is 6.94. The van der Waals surface area contributed by atoms with Gasteiger partial charge in [0.2, 0.25) is 5.91 Å². The van der Waals surface area contributed by atoms with Crippen molar-refractivity contribution in [1.82, 2.24) is 4.90 Å². The number of terminal acetylenes is 1. The van der Waals surface area contributed by atoms with Crippen LogP contribution in [0.4, 0.5) is 5.69 Å². The molecule has 0 saturated carbocycles. The summed E-state index contributed by atoms with van der Waals surface area (Å²) in [7, 11) is 1.58. The third-order valence-corrected chi connectivity index (χ3v) is 4.02. The smallest absolute Gasteiger partial charge is 0.227 e. The molecule has 0 aromatic heterocycles. The largest absolute Gasteiger partial charge is 0.497 e. The molecule has 0 spiro atoms. The van der Waals surface area contributed by atoms with Crippen molar-refractivity contribution in [3.8, 4) is 18.1 Å². The van der Waals surface area contributed by atoms with E-state index in [0.29, 0.717) is 23.0 Å². The van der Waals surface area contributed by atoms with E-state index in [1.54, 1.807) is 25.3 Å². The topological polar surface area (TPSA) is 41.6 Å². The molecule has 1 aliphatic rings. The lowest BCUT2D eigenvalue weighted by atomic mass is 9.96. The maximum atomic E-state index is 12.3. The molecule has 2 rings (SSSR count). The molecule has 1 aromatic carbocycles. The number of nitrogens with zero attached hydrogens (tertiary/aromatic N) is 1. The quantitative estimate of drug-likeness (QED) is 0.870. The van der Waals surface area contributed by atoms with E-state index in [1.165, 1.54) is 0 Å². The van der Waals surface area contributed by atoms with Crippen LogP contribution < -0.4 is 10.1 Å². The van der Waals surface area contributed by atoms with Crippen LogP contribution in [-0.2, 0) is 4.79 Å². The van der Waals surface area contributed by atoms with Crippen LogP contribution in [0.3, 0.4) is 0 Å². The highest BCUT2D eigenvalue weighted by Crippen LogP contribution is 2.28. The first kappa shape index (κ1) is 15.7. The molecule has 1 saturated heterocycles. The number of anilines is 1. The lowest BCUT2D eigenvalue weighted by molar-refractivity contribution is -0.121. The van der Waals surface area contributed by atoms with Gasteiger partial charge in [-0.25, -0.2) is 0 Å². The van der Waals surface area contributed by atoms with Gasteiger partial charge in [-0.15, -0.1) is 6.42 Å². The lowest BCUT2D eigenvalue weighted by Gasteiger charge is -2.29. The highest BCUT2D eigenvalue weighted by atomic mass is 35.5. The lowest BCUT2D eigenvalue weighted by Crippen LogP contribution is -2.38. The van der Waals surface area contributed by atoms with E-state index >= 15 is 0 Å². The van der Waals surface area contributed by atoms with Crippen LogP contribution in [-0.4, -0.2) is 37.6 Å². The fraction of sp³-hybridized carbons (Fsp3) is 0.438. The van der Waals surface area contributed by atoms with Crippen LogP contribution in [0.5, 0.6) is 5.75 Å². The Hall–Kier alpha value is -1.70. The zero-order valence-corrected chi connectivity index (χ0v) is 12.8. The summed E-state index contributed by atoms with van der Waals surface area (Å²) in [6, 6.07) is 5.22. The van der Waals surface area contributed by atoms with Gasteiger partial charge in [0.25, 0.3) is 0 Å². The number of carbonyl (C=O) groups excluding carboxylic acids is 1. The van der Waals surface area contributed by atoms with Gasteiger partial charge in [-0.2, -0.15) is 0 Å². The Labute approximate surface area is 130 Å². The molecule has 0 atom stereocenters. The number of rotatable bonds is 4. The van der Waals surface area contributed by atoms with E-state index in [9.17, 15) is 4.79 Å². The van der Waals surface area contributed by atoms with E-state index < -0.39 is 0 Å². The van der Waals surface area contributed by atoms with Crippen LogP contribution in [0, 0.1) is 18.3 Å². The van der Waals surface area contributed by atoms with Gasteiger partial charge in [-0.1, -0.05) is 17.5 Å². The first-order chi connectivity index (χ1) is 10.1. The van der Waals surface area contributed by atoms with E-state index in [2.05, 4.69) is 16.1 Å². The van der Waals surface area contributed by atoms with Crippen molar-refractivity contribution in [1.29, 1.82) is 0 Å². The Balaban J connectivity index is 1.92. The molecule has 1 heterocycles. The van der Waals surface area contributed by atoms with Crippen molar-refractivity contribution in [2.24, 2.45) is 5.92 Å². The van der Waals surface area contributed by atoms with Crippen molar-refractivity contribution in [2.75, 3.05) is 32.1 Å². The van der Waals surface area contributed by atoms with Gasteiger partial charge in [0.1, 0.15) is 5.75 Å². The normalized spacial score (nSPS) is 16.2. The molecule has 112 valence electrons. The fourth-order valence-corrected chi connectivity index (χ4v) is 2.66. The van der Waals surface area contributed by atoms with Crippen LogP contribution in [0.2, 0.25) is 5.02 Å². The van der Waals surface area contributed by atoms with Gasteiger partial charge < -0.3 is 10.1 Å². The predicted octanol–water partition coefficient (Wildman–Crippen LogP) is 2.63. The molecule has 1 aliphatic heterocycles. The second-order valence-electron chi connectivity index (χ2n) is 5.09. The first-order valence-corrected chi connectivity index (χ1v) is 7.32. The molecule has 21 heavy (non-hydrogen) atoms. The summed E-state index contributed by atoms with van der Waals surface area (Å²) in [4.78, 5) is 14.5. The molecule has 0 unspecified atom stereocenters. The zero-order valence-electron chi connectivity index (χ0n) is 12.1. The van der Waals surface area contributed by atoms with Gasteiger partial charge in [-0.05, 0) is 38.1 Å². The molecule has 4 nitrogen and oxygen atoms in total. The molecule has 5 heteroatoms. The number of likely N-dealkylation sites (tertiary alicyclic amines) is 1. The highest BCUT2D eigenvalue weighted by Gasteiger charge is 2.24. The van der Waals surface area contributed by atoms with Crippen LogP contribution >= 0.6 is 11.6 Å². The van der Waals surface area contributed by atoms with E-state index in [-0.39, 0.29) is 11.8 Å². The molecule has 1 fully saturated rings. The van der Waals surface area contributed by atoms with Crippen molar-refractivity contribution in [3.63, 3.8) is 0 Å². The minimum absolute atomic E-state index is 0.0113. The number of halogens is 1. The standard InChI is InChI=1S/C16H19ClN2O2/c1-3-8-19-9-6-12(7-10-19)16(20)18-15-5-4-13(21-2)11-14(15)17/h1,4-5,11-12H,6-10H2,2H3,(H,18,20). The minimum atomic E-state index is 0.0113. The number of methoxy groups -OCH3 is 1. The molecule has 1 amide bonds. The molecule has 0 aliphatic carbocycles. The average Bonchev–Trinajstić information content (AvgIpc) is 2.50. The summed E-state index contributed by atoms with van der Waals surface area (Å²) in [5.41, 5.74) is 0.619. The number of hydrogen-bond donors (Lipinski definition) is 1. The Bertz CT molecular complexity index is 546. The van der Waals surface area contributed by atoms with Gasteiger partial charge in [0, 0.05) is 12.0 Å². The second kappa shape index (κ2) is 7.35. The molecule has 1 aromatic rings. The van der Waals surface area contributed by atoms with Gasteiger partial charge >= 0.3 is 0 Å². The Morgan fingerprint density at radius 2 is 2.24 bits per heavy atom. The number of hydrogen-bond acceptors (Lipinski definition) is 3. The SMILES string of the molecule is C#CCN1CCC(C(=O)Nc2ccc(OC)cc2Cl)CC1. The third kappa shape index (κ3) is 4.13. The molecule has 0 radical (unpaired) electrons. The average molecular weight is 307 g/mol. The number of benzene rings is 1. The van der Waals surface area contributed by atoms with Gasteiger partial charge in [0.05, 0.1) is 24.4 Å². The predicted molar refractivity (Wildman–Crippen MR) is 84.6 cm³/mol. The summed E-state index contributed by atoms with van der Waals surface area (Å²) < 4.78 is 5.09. The molecule has 0 bridgehead atoms. The maximum Gasteiger partial charge on any atom is 0.227 e. The third-order valence-electron chi connectivity index (χ3n) is 3.71. The van der Waals surface area contributed by atoms with Crippen molar-refractivity contribution in [3.05, 3.63) is 23.2 Å². The van der Waals surface area contributed by atoms with Gasteiger partial charge in [0.15, 0.2) is 0 Å². The number of ether oxygens (including phenoxy) is 1. The zero-order chi connectivity index (χ0) is 15.2. The van der Waals surface area contributed by atoms with E-state index in [1.807, 2.05) is 0 Å².